The van der Waals surface area contributed by atoms with Gasteiger partial charge in [0.05, 0.1) is 10.7 Å². The molecule has 0 radical (unpaired) electrons. The van der Waals surface area contributed by atoms with E-state index >= 15 is 0 Å². The molecule has 2 nitrogen and oxygen atoms in total. The highest BCUT2D eigenvalue weighted by atomic mass is 35.5. The van der Waals surface area contributed by atoms with E-state index in [1.807, 2.05) is 0 Å². The van der Waals surface area contributed by atoms with Crippen molar-refractivity contribution in [1.29, 1.82) is 0 Å². The van der Waals surface area contributed by atoms with Gasteiger partial charge in [-0.1, -0.05) is 17.7 Å². The summed E-state index contributed by atoms with van der Waals surface area (Å²) in [6, 6.07) is 4.36. The van der Waals surface area contributed by atoms with Gasteiger partial charge in [0.2, 0.25) is 0 Å². The van der Waals surface area contributed by atoms with E-state index in [0.717, 1.165) is 31.7 Å². The fraction of sp³-hybridized carbons (Fsp3) is 0.538. The lowest BCUT2D eigenvalue weighted by atomic mass is 10.1. The van der Waals surface area contributed by atoms with Crippen molar-refractivity contribution in [3.63, 3.8) is 0 Å². The van der Waals surface area contributed by atoms with Crippen molar-refractivity contribution in [2.24, 2.45) is 5.92 Å². The third-order valence-corrected chi connectivity index (χ3v) is 3.59. The van der Waals surface area contributed by atoms with Crippen LogP contribution >= 0.6 is 11.6 Å². The average Bonchev–Trinajstić information content (AvgIpc) is 2.84. The van der Waals surface area contributed by atoms with Gasteiger partial charge >= 0.3 is 0 Å². The molecule has 5 heteroatoms. The van der Waals surface area contributed by atoms with Gasteiger partial charge in [0, 0.05) is 12.1 Å². The molecule has 18 heavy (non-hydrogen) atoms. The molecule has 100 valence electrons. The number of halogens is 3. The molecule has 2 rings (SSSR count). The van der Waals surface area contributed by atoms with Gasteiger partial charge in [-0.3, -0.25) is 0 Å². The van der Waals surface area contributed by atoms with Crippen LogP contribution < -0.4 is 10.6 Å². The molecule has 1 saturated heterocycles. The summed E-state index contributed by atoms with van der Waals surface area (Å²) in [6.07, 6.45) is -0.194. The molecule has 1 aromatic carbocycles. The van der Waals surface area contributed by atoms with Crippen LogP contribution in [0.4, 0.5) is 14.5 Å². The first-order valence-electron chi connectivity index (χ1n) is 6.19. The molecule has 0 aromatic heterocycles. The van der Waals surface area contributed by atoms with Crippen LogP contribution in [0.5, 0.6) is 0 Å². The molecular formula is C13H17ClF2N2. The lowest BCUT2D eigenvalue weighted by Crippen LogP contribution is -2.12. The van der Waals surface area contributed by atoms with Crippen LogP contribution in [0.25, 0.3) is 0 Å². The van der Waals surface area contributed by atoms with Gasteiger partial charge in [0.1, 0.15) is 0 Å². The smallest absolute Gasteiger partial charge is 0.263 e. The summed E-state index contributed by atoms with van der Waals surface area (Å²) >= 11 is 5.96. The number of nitrogens with one attached hydrogen (secondary N) is 2. The molecule has 1 atom stereocenters. The van der Waals surface area contributed by atoms with Crippen molar-refractivity contribution < 1.29 is 8.78 Å². The molecule has 0 amide bonds. The Morgan fingerprint density at radius 3 is 2.89 bits per heavy atom. The van der Waals surface area contributed by atoms with E-state index in [-0.39, 0.29) is 5.56 Å². The third kappa shape index (κ3) is 3.56. The van der Waals surface area contributed by atoms with Gasteiger partial charge in [-0.25, -0.2) is 8.78 Å². The summed E-state index contributed by atoms with van der Waals surface area (Å²) in [7, 11) is 0. The van der Waals surface area contributed by atoms with E-state index in [9.17, 15) is 8.78 Å². The maximum atomic E-state index is 12.4. The number of hydrogen-bond acceptors (Lipinski definition) is 2. The predicted octanol–water partition coefficient (Wildman–Crippen LogP) is 3.69. The Bertz CT molecular complexity index is 393. The van der Waals surface area contributed by atoms with Crippen molar-refractivity contribution in [2.75, 3.05) is 25.0 Å². The van der Waals surface area contributed by atoms with Gasteiger partial charge in [-0.15, -0.1) is 0 Å². The first kappa shape index (κ1) is 13.6. The molecule has 1 heterocycles. The highest BCUT2D eigenvalue weighted by Crippen LogP contribution is 2.28. The Kier molecular flexibility index (Phi) is 4.78. The summed E-state index contributed by atoms with van der Waals surface area (Å²) in [5.74, 6) is 0.705. The van der Waals surface area contributed by atoms with Crippen molar-refractivity contribution in [3.05, 3.63) is 28.8 Å². The topological polar surface area (TPSA) is 24.1 Å². The molecule has 0 saturated carbocycles. The van der Waals surface area contributed by atoms with Crippen molar-refractivity contribution in [2.45, 2.75) is 19.3 Å². The average molecular weight is 275 g/mol. The summed E-state index contributed by atoms with van der Waals surface area (Å²) in [4.78, 5) is 0. The standard InChI is InChI=1S/C13H17ClF2N2/c14-11-7-10(13(15)16)1-2-12(11)18-6-4-9-3-5-17-8-9/h1-2,7,9,13,17-18H,3-6,8H2. The van der Waals surface area contributed by atoms with Crippen LogP contribution in [0.15, 0.2) is 18.2 Å². The Balaban J connectivity index is 1.85. The van der Waals surface area contributed by atoms with Crippen LogP contribution in [-0.4, -0.2) is 19.6 Å². The predicted molar refractivity (Wildman–Crippen MR) is 70.5 cm³/mol. The van der Waals surface area contributed by atoms with Crippen LogP contribution in [0, 0.1) is 5.92 Å². The van der Waals surface area contributed by atoms with Crippen LogP contribution in [0.3, 0.4) is 0 Å². The molecule has 1 aliphatic heterocycles. The van der Waals surface area contributed by atoms with Crippen molar-refractivity contribution in [1.82, 2.24) is 5.32 Å². The minimum atomic E-state index is -2.47. The molecular weight excluding hydrogens is 258 g/mol. The van der Waals surface area contributed by atoms with Crippen LogP contribution in [0.1, 0.15) is 24.8 Å². The lowest BCUT2D eigenvalue weighted by molar-refractivity contribution is 0.151. The number of hydrogen-bond donors (Lipinski definition) is 2. The molecule has 1 fully saturated rings. The monoisotopic (exact) mass is 274 g/mol. The fourth-order valence-corrected chi connectivity index (χ4v) is 2.44. The molecule has 0 spiro atoms. The van der Waals surface area contributed by atoms with Gasteiger partial charge in [0.25, 0.3) is 6.43 Å². The minimum absolute atomic E-state index is 0.0365. The van der Waals surface area contributed by atoms with Gasteiger partial charge < -0.3 is 10.6 Å². The highest BCUT2D eigenvalue weighted by Gasteiger charge is 2.14. The molecule has 1 unspecified atom stereocenters. The van der Waals surface area contributed by atoms with Crippen LogP contribution in [-0.2, 0) is 0 Å². The zero-order chi connectivity index (χ0) is 13.0. The zero-order valence-electron chi connectivity index (χ0n) is 10.1. The maximum Gasteiger partial charge on any atom is 0.263 e. The SMILES string of the molecule is FC(F)c1ccc(NCCC2CCNC2)c(Cl)c1. The van der Waals surface area contributed by atoms with Crippen LogP contribution in [0.2, 0.25) is 5.02 Å². The molecule has 2 N–H and O–H groups in total. The van der Waals surface area contributed by atoms with Gasteiger partial charge in [-0.2, -0.15) is 0 Å². The second kappa shape index (κ2) is 6.34. The lowest BCUT2D eigenvalue weighted by Gasteiger charge is -2.12. The van der Waals surface area contributed by atoms with Crippen molar-refractivity contribution in [3.8, 4) is 0 Å². The van der Waals surface area contributed by atoms with Gasteiger partial charge in [0.15, 0.2) is 0 Å². The first-order chi connectivity index (χ1) is 8.66. The normalized spacial score (nSPS) is 19.4. The summed E-state index contributed by atoms with van der Waals surface area (Å²) in [5.41, 5.74) is 0.692. The summed E-state index contributed by atoms with van der Waals surface area (Å²) in [6.45, 7) is 2.98. The fourth-order valence-electron chi connectivity index (χ4n) is 2.18. The number of alkyl halides is 2. The number of rotatable bonds is 5. The summed E-state index contributed by atoms with van der Waals surface area (Å²) < 4.78 is 24.9. The largest absolute Gasteiger partial charge is 0.384 e. The number of anilines is 1. The minimum Gasteiger partial charge on any atom is -0.384 e. The van der Waals surface area contributed by atoms with Gasteiger partial charge in [-0.05, 0) is 44.0 Å². The van der Waals surface area contributed by atoms with E-state index in [1.165, 1.54) is 18.6 Å². The molecule has 1 aromatic rings. The maximum absolute atomic E-state index is 12.4. The summed E-state index contributed by atoms with van der Waals surface area (Å²) in [5, 5.41) is 6.88. The molecule has 0 bridgehead atoms. The van der Waals surface area contributed by atoms with Crippen molar-refractivity contribution >= 4 is 17.3 Å². The Hall–Kier alpha value is -0.870. The quantitative estimate of drug-likeness (QED) is 0.856. The van der Waals surface area contributed by atoms with E-state index in [2.05, 4.69) is 10.6 Å². The van der Waals surface area contributed by atoms with E-state index in [0.29, 0.717) is 10.9 Å². The molecule has 1 aliphatic rings. The molecule has 0 aliphatic carbocycles. The first-order valence-corrected chi connectivity index (χ1v) is 6.57. The highest BCUT2D eigenvalue weighted by molar-refractivity contribution is 6.33. The Morgan fingerprint density at radius 1 is 1.44 bits per heavy atom. The van der Waals surface area contributed by atoms with E-state index < -0.39 is 6.43 Å². The van der Waals surface area contributed by atoms with E-state index in [1.54, 1.807) is 6.07 Å². The number of benzene rings is 1. The second-order valence-corrected chi connectivity index (χ2v) is 5.02. The zero-order valence-corrected chi connectivity index (χ0v) is 10.8. The third-order valence-electron chi connectivity index (χ3n) is 3.28. The van der Waals surface area contributed by atoms with E-state index in [4.69, 9.17) is 11.6 Å². The Morgan fingerprint density at radius 2 is 2.28 bits per heavy atom. The Labute approximate surface area is 111 Å². The second-order valence-electron chi connectivity index (χ2n) is 4.61.